The van der Waals surface area contributed by atoms with Gasteiger partial charge in [-0.25, -0.2) is 0 Å². The highest BCUT2D eigenvalue weighted by Crippen LogP contribution is 2.35. The molecule has 2 N–H and O–H groups in total. The van der Waals surface area contributed by atoms with E-state index >= 15 is 0 Å². The number of rotatable bonds is 22. The minimum Gasteiger partial charge on any atom is -0.324 e. The Morgan fingerprint density at radius 1 is 0.400 bits per heavy atom. The number of hydrogen-bond donors (Lipinski definition) is 2. The average molecular weight is 449 g/mol. The standard InChI is InChI=1S/C16H34.C10H23O3P/c1-3-5-7-9-11-13-15-16-14-12-10-8-6-4-2;1-2-3-4-5-6-7-8-9-10-14(11,12)13/h3-16H2,1-2H3;2-10H2,1H3,(H2,11,12,13). The second-order valence-corrected chi connectivity index (χ2v) is 10.9. The summed E-state index contributed by atoms with van der Waals surface area (Å²) in [5.74, 6) is 0. The molecule has 0 fully saturated rings. The van der Waals surface area contributed by atoms with Gasteiger partial charge in [0.2, 0.25) is 0 Å². The fourth-order valence-electron chi connectivity index (χ4n) is 3.72. The lowest BCUT2D eigenvalue weighted by molar-refractivity contribution is 0.370. The van der Waals surface area contributed by atoms with E-state index in [9.17, 15) is 4.57 Å². The first kappa shape index (κ1) is 32.3. The van der Waals surface area contributed by atoms with Gasteiger partial charge in [0.1, 0.15) is 0 Å². The summed E-state index contributed by atoms with van der Waals surface area (Å²) >= 11 is 0. The zero-order valence-electron chi connectivity index (χ0n) is 21.0. The zero-order chi connectivity index (χ0) is 22.8. The lowest BCUT2D eigenvalue weighted by Gasteiger charge is -2.03. The number of unbranched alkanes of at least 4 members (excludes halogenated alkanes) is 20. The van der Waals surface area contributed by atoms with E-state index in [1.807, 2.05) is 0 Å². The molecule has 0 bridgehead atoms. The third kappa shape index (κ3) is 35.6. The minimum atomic E-state index is -3.73. The lowest BCUT2D eigenvalue weighted by atomic mass is 10.0. The average Bonchev–Trinajstić information content (AvgIpc) is 2.70. The van der Waals surface area contributed by atoms with Gasteiger partial charge in [0.05, 0.1) is 0 Å². The Morgan fingerprint density at radius 2 is 0.600 bits per heavy atom. The Kier molecular flexibility index (Phi) is 29.3. The van der Waals surface area contributed by atoms with Gasteiger partial charge < -0.3 is 9.79 Å². The summed E-state index contributed by atoms with van der Waals surface area (Å²) in [6.07, 6.45) is 29.6. The predicted molar refractivity (Wildman–Crippen MR) is 136 cm³/mol. The van der Waals surface area contributed by atoms with E-state index in [0.717, 1.165) is 12.8 Å². The predicted octanol–water partition coefficient (Wildman–Crippen LogP) is 9.79. The van der Waals surface area contributed by atoms with Crippen LogP contribution in [0.4, 0.5) is 0 Å². The highest BCUT2D eigenvalue weighted by molar-refractivity contribution is 7.51. The van der Waals surface area contributed by atoms with Crippen LogP contribution in [0.5, 0.6) is 0 Å². The van der Waals surface area contributed by atoms with Crippen LogP contribution in [-0.2, 0) is 4.57 Å². The summed E-state index contributed by atoms with van der Waals surface area (Å²) in [6, 6.07) is 0. The van der Waals surface area contributed by atoms with Crippen LogP contribution in [0.2, 0.25) is 0 Å². The summed E-state index contributed by atoms with van der Waals surface area (Å²) in [6.45, 7) is 6.77. The molecule has 0 atom stereocenters. The third-order valence-corrected chi connectivity index (χ3v) is 6.66. The molecule has 0 aliphatic carbocycles. The van der Waals surface area contributed by atoms with Gasteiger partial charge in [-0.05, 0) is 6.42 Å². The molecule has 184 valence electrons. The Hall–Kier alpha value is 0.150. The quantitative estimate of drug-likeness (QED) is 0.128. The Morgan fingerprint density at radius 3 is 0.800 bits per heavy atom. The van der Waals surface area contributed by atoms with Gasteiger partial charge >= 0.3 is 7.60 Å². The van der Waals surface area contributed by atoms with Crippen molar-refractivity contribution in [1.82, 2.24) is 0 Å². The van der Waals surface area contributed by atoms with Crippen LogP contribution in [0.15, 0.2) is 0 Å². The van der Waals surface area contributed by atoms with E-state index in [1.165, 1.54) is 122 Å². The number of hydrogen-bond acceptors (Lipinski definition) is 1. The van der Waals surface area contributed by atoms with Crippen LogP contribution >= 0.6 is 7.60 Å². The molecule has 0 aromatic heterocycles. The van der Waals surface area contributed by atoms with Crippen molar-refractivity contribution in [3.05, 3.63) is 0 Å². The van der Waals surface area contributed by atoms with Crippen LogP contribution in [0.3, 0.4) is 0 Å². The fraction of sp³-hybridized carbons (Fsp3) is 1.00. The third-order valence-electron chi connectivity index (χ3n) is 5.76. The van der Waals surface area contributed by atoms with Crippen molar-refractivity contribution in [1.29, 1.82) is 0 Å². The summed E-state index contributed by atoms with van der Waals surface area (Å²) in [4.78, 5) is 17.2. The molecule has 4 heteroatoms. The van der Waals surface area contributed by atoms with Crippen molar-refractivity contribution in [2.75, 3.05) is 6.16 Å². The van der Waals surface area contributed by atoms with E-state index in [-0.39, 0.29) is 6.16 Å². The first-order chi connectivity index (χ1) is 14.5. The molecule has 0 aromatic carbocycles. The second kappa shape index (κ2) is 27.2. The first-order valence-electron chi connectivity index (χ1n) is 13.5. The van der Waals surface area contributed by atoms with E-state index in [0.29, 0.717) is 6.42 Å². The molecule has 0 spiro atoms. The molecular formula is C26H57O3P. The van der Waals surface area contributed by atoms with Gasteiger partial charge in [-0.2, -0.15) is 0 Å². The van der Waals surface area contributed by atoms with E-state index in [1.54, 1.807) is 0 Å². The van der Waals surface area contributed by atoms with Crippen molar-refractivity contribution in [2.24, 2.45) is 0 Å². The summed E-state index contributed by atoms with van der Waals surface area (Å²) < 4.78 is 10.5. The molecule has 0 heterocycles. The molecule has 0 amide bonds. The van der Waals surface area contributed by atoms with Gasteiger partial charge in [0.15, 0.2) is 0 Å². The van der Waals surface area contributed by atoms with E-state index in [4.69, 9.17) is 9.79 Å². The summed E-state index contributed by atoms with van der Waals surface area (Å²) in [5.41, 5.74) is 0. The van der Waals surface area contributed by atoms with Gasteiger partial charge in [-0.1, -0.05) is 156 Å². The highest BCUT2D eigenvalue weighted by atomic mass is 31.2. The largest absolute Gasteiger partial charge is 0.325 e. The topological polar surface area (TPSA) is 57.5 Å². The lowest BCUT2D eigenvalue weighted by Crippen LogP contribution is -1.88. The van der Waals surface area contributed by atoms with Crippen molar-refractivity contribution in [3.8, 4) is 0 Å². The molecule has 0 aliphatic rings. The van der Waals surface area contributed by atoms with Crippen LogP contribution < -0.4 is 0 Å². The maximum absolute atomic E-state index is 10.5. The molecule has 0 aliphatic heterocycles. The monoisotopic (exact) mass is 448 g/mol. The molecule has 30 heavy (non-hydrogen) atoms. The second-order valence-electron chi connectivity index (χ2n) is 9.11. The Labute approximate surface area is 190 Å². The molecule has 3 nitrogen and oxygen atoms in total. The highest BCUT2D eigenvalue weighted by Gasteiger charge is 2.10. The van der Waals surface area contributed by atoms with Gasteiger partial charge in [-0.3, -0.25) is 4.57 Å². The van der Waals surface area contributed by atoms with Crippen molar-refractivity contribution >= 4 is 7.60 Å². The van der Waals surface area contributed by atoms with Crippen molar-refractivity contribution in [2.45, 2.75) is 162 Å². The van der Waals surface area contributed by atoms with E-state index in [2.05, 4.69) is 20.8 Å². The fourth-order valence-corrected chi connectivity index (χ4v) is 4.35. The van der Waals surface area contributed by atoms with Crippen molar-refractivity contribution < 1.29 is 14.4 Å². The summed E-state index contributed by atoms with van der Waals surface area (Å²) in [5, 5.41) is 0. The summed E-state index contributed by atoms with van der Waals surface area (Å²) in [7, 11) is -3.73. The van der Waals surface area contributed by atoms with Crippen molar-refractivity contribution in [3.63, 3.8) is 0 Å². The minimum absolute atomic E-state index is 0.0575. The maximum atomic E-state index is 10.5. The van der Waals surface area contributed by atoms with E-state index < -0.39 is 7.60 Å². The first-order valence-corrected chi connectivity index (χ1v) is 15.3. The van der Waals surface area contributed by atoms with Gasteiger partial charge in [0, 0.05) is 6.16 Å². The Balaban J connectivity index is 0. The smallest absolute Gasteiger partial charge is 0.324 e. The zero-order valence-corrected chi connectivity index (χ0v) is 21.9. The maximum Gasteiger partial charge on any atom is 0.325 e. The van der Waals surface area contributed by atoms with Crippen LogP contribution in [0.25, 0.3) is 0 Å². The SMILES string of the molecule is CCCCCCCCCCCCCCCC.CCCCCCCCCCP(=O)(O)O. The molecular weight excluding hydrogens is 391 g/mol. The molecule has 0 aromatic rings. The van der Waals surface area contributed by atoms with Gasteiger partial charge in [0.25, 0.3) is 0 Å². The van der Waals surface area contributed by atoms with Gasteiger partial charge in [-0.15, -0.1) is 0 Å². The molecule has 0 rings (SSSR count). The molecule has 0 saturated heterocycles. The molecule has 0 saturated carbocycles. The normalized spacial score (nSPS) is 11.4. The van der Waals surface area contributed by atoms with Crippen LogP contribution in [0, 0.1) is 0 Å². The molecule has 0 unspecified atom stereocenters. The molecule has 0 radical (unpaired) electrons. The van der Waals surface area contributed by atoms with Crippen LogP contribution in [0.1, 0.15) is 162 Å². The van der Waals surface area contributed by atoms with Crippen LogP contribution in [-0.4, -0.2) is 15.9 Å². The Bertz CT molecular complexity index is 327.